The maximum absolute atomic E-state index is 12.1. The quantitative estimate of drug-likeness (QED) is 0.835. The monoisotopic (exact) mass is 275 g/mol. The summed E-state index contributed by atoms with van der Waals surface area (Å²) in [6, 6.07) is 5.96. The summed E-state index contributed by atoms with van der Waals surface area (Å²) >= 11 is 0. The molecule has 6 nitrogen and oxygen atoms in total. The highest BCUT2D eigenvalue weighted by atomic mass is 16.4. The topological polar surface area (TPSA) is 78.3 Å². The molecule has 0 unspecified atom stereocenters. The van der Waals surface area contributed by atoms with E-state index in [4.69, 9.17) is 5.11 Å². The van der Waals surface area contributed by atoms with Crippen molar-refractivity contribution in [3.63, 3.8) is 0 Å². The molecule has 0 radical (unpaired) electrons. The van der Waals surface area contributed by atoms with E-state index in [1.165, 1.54) is 4.90 Å². The van der Waals surface area contributed by atoms with Crippen molar-refractivity contribution >= 4 is 17.1 Å². The minimum Gasteiger partial charge on any atom is -0.465 e. The number of hydrogen-bond donors (Lipinski definition) is 2. The fourth-order valence-corrected chi connectivity index (χ4v) is 2.92. The van der Waals surface area contributed by atoms with Crippen molar-refractivity contribution in [1.82, 2.24) is 14.5 Å². The summed E-state index contributed by atoms with van der Waals surface area (Å²) in [6.45, 7) is 2.94. The van der Waals surface area contributed by atoms with E-state index in [1.54, 1.807) is 4.57 Å². The lowest BCUT2D eigenvalue weighted by Crippen LogP contribution is -2.39. The Kier molecular flexibility index (Phi) is 3.00. The van der Waals surface area contributed by atoms with Gasteiger partial charge in [-0.15, -0.1) is 0 Å². The van der Waals surface area contributed by atoms with Crippen molar-refractivity contribution in [2.24, 2.45) is 0 Å². The standard InChI is InChI=1S/C14H17N3O3/c1-9-2-3-12-11(8-9)15-13(18)17(12)10-4-6-16(7-5-10)14(19)20/h2-3,8,10H,4-7H2,1H3,(H,15,18)(H,19,20). The fourth-order valence-electron chi connectivity index (χ4n) is 2.92. The van der Waals surface area contributed by atoms with Crippen LogP contribution >= 0.6 is 0 Å². The van der Waals surface area contributed by atoms with Crippen LogP contribution in [0.2, 0.25) is 0 Å². The van der Waals surface area contributed by atoms with E-state index in [2.05, 4.69) is 4.98 Å². The highest BCUT2D eigenvalue weighted by Gasteiger charge is 2.25. The van der Waals surface area contributed by atoms with Gasteiger partial charge in [0.1, 0.15) is 0 Å². The van der Waals surface area contributed by atoms with Gasteiger partial charge in [0.25, 0.3) is 0 Å². The number of rotatable bonds is 1. The number of aryl methyl sites for hydroxylation is 1. The van der Waals surface area contributed by atoms with Crippen LogP contribution in [0.25, 0.3) is 11.0 Å². The number of H-pyrrole nitrogens is 1. The van der Waals surface area contributed by atoms with Gasteiger partial charge in [0.05, 0.1) is 11.0 Å². The van der Waals surface area contributed by atoms with Crippen molar-refractivity contribution in [3.8, 4) is 0 Å². The summed E-state index contributed by atoms with van der Waals surface area (Å²) in [5, 5.41) is 8.96. The number of carboxylic acid groups (broad SMARTS) is 1. The van der Waals surface area contributed by atoms with Crippen LogP contribution in [0.1, 0.15) is 24.4 Å². The number of fused-ring (bicyclic) bond motifs is 1. The predicted molar refractivity (Wildman–Crippen MR) is 75.2 cm³/mol. The van der Waals surface area contributed by atoms with Crippen molar-refractivity contribution < 1.29 is 9.90 Å². The lowest BCUT2D eigenvalue weighted by Gasteiger charge is -2.30. The van der Waals surface area contributed by atoms with Gasteiger partial charge >= 0.3 is 11.8 Å². The molecule has 1 amide bonds. The normalized spacial score (nSPS) is 16.8. The van der Waals surface area contributed by atoms with Gasteiger partial charge in [-0.05, 0) is 37.5 Å². The zero-order chi connectivity index (χ0) is 14.3. The Labute approximate surface area is 115 Å². The highest BCUT2D eigenvalue weighted by Crippen LogP contribution is 2.25. The second kappa shape index (κ2) is 4.70. The van der Waals surface area contributed by atoms with Crippen LogP contribution in [0, 0.1) is 6.92 Å². The number of aromatic amines is 1. The maximum atomic E-state index is 12.1. The summed E-state index contributed by atoms with van der Waals surface area (Å²) in [6.07, 6.45) is 0.463. The molecule has 20 heavy (non-hydrogen) atoms. The first kappa shape index (κ1) is 12.8. The first-order chi connectivity index (χ1) is 9.56. The number of benzene rings is 1. The van der Waals surface area contributed by atoms with E-state index in [1.807, 2.05) is 25.1 Å². The third-order valence-corrected chi connectivity index (χ3v) is 3.97. The number of nitrogens with zero attached hydrogens (tertiary/aromatic N) is 2. The molecule has 2 N–H and O–H groups in total. The number of likely N-dealkylation sites (tertiary alicyclic amines) is 1. The molecule has 1 saturated heterocycles. The zero-order valence-electron chi connectivity index (χ0n) is 11.3. The van der Waals surface area contributed by atoms with E-state index in [-0.39, 0.29) is 11.7 Å². The van der Waals surface area contributed by atoms with E-state index >= 15 is 0 Å². The third kappa shape index (κ3) is 2.07. The van der Waals surface area contributed by atoms with Crippen LogP contribution in [0.3, 0.4) is 0 Å². The molecule has 0 spiro atoms. The Hall–Kier alpha value is -2.24. The van der Waals surface area contributed by atoms with Gasteiger partial charge in [0.15, 0.2) is 0 Å². The molecule has 2 aromatic rings. The molecule has 0 aliphatic carbocycles. The van der Waals surface area contributed by atoms with Gasteiger partial charge in [-0.1, -0.05) is 6.07 Å². The molecule has 1 aromatic heterocycles. The lowest BCUT2D eigenvalue weighted by atomic mass is 10.0. The number of aromatic nitrogens is 2. The largest absolute Gasteiger partial charge is 0.465 e. The maximum Gasteiger partial charge on any atom is 0.407 e. The van der Waals surface area contributed by atoms with Crippen LogP contribution < -0.4 is 5.69 Å². The zero-order valence-corrected chi connectivity index (χ0v) is 11.3. The summed E-state index contributed by atoms with van der Waals surface area (Å²) in [4.78, 5) is 27.3. The number of piperidine rings is 1. The second-order valence-electron chi connectivity index (χ2n) is 5.32. The van der Waals surface area contributed by atoms with Crippen molar-refractivity contribution in [2.45, 2.75) is 25.8 Å². The van der Waals surface area contributed by atoms with Crippen molar-refractivity contribution in [3.05, 3.63) is 34.2 Å². The van der Waals surface area contributed by atoms with Crippen LogP contribution in [-0.4, -0.2) is 38.7 Å². The van der Waals surface area contributed by atoms with Crippen molar-refractivity contribution in [2.75, 3.05) is 13.1 Å². The minimum absolute atomic E-state index is 0.0644. The molecular weight excluding hydrogens is 258 g/mol. The molecule has 0 saturated carbocycles. The smallest absolute Gasteiger partial charge is 0.407 e. The summed E-state index contributed by atoms with van der Waals surface area (Å²) < 4.78 is 1.77. The third-order valence-electron chi connectivity index (χ3n) is 3.97. The number of hydrogen-bond acceptors (Lipinski definition) is 2. The van der Waals surface area contributed by atoms with Gasteiger partial charge in [0, 0.05) is 19.1 Å². The van der Waals surface area contributed by atoms with Gasteiger partial charge in [-0.25, -0.2) is 9.59 Å². The van der Waals surface area contributed by atoms with E-state index in [0.717, 1.165) is 16.6 Å². The Morgan fingerprint density at radius 3 is 2.70 bits per heavy atom. The van der Waals surface area contributed by atoms with Gasteiger partial charge in [-0.3, -0.25) is 4.57 Å². The Balaban J connectivity index is 1.93. The molecule has 0 bridgehead atoms. The summed E-state index contributed by atoms with van der Waals surface area (Å²) in [5.74, 6) is 0. The molecule has 1 aliphatic heterocycles. The molecule has 3 rings (SSSR count). The molecule has 1 aliphatic rings. The number of nitrogens with one attached hydrogen (secondary N) is 1. The van der Waals surface area contributed by atoms with Crippen LogP contribution in [0.15, 0.2) is 23.0 Å². The van der Waals surface area contributed by atoms with E-state index < -0.39 is 6.09 Å². The summed E-state index contributed by atoms with van der Waals surface area (Å²) in [5.41, 5.74) is 2.73. The lowest BCUT2D eigenvalue weighted by molar-refractivity contribution is 0.125. The molecule has 106 valence electrons. The molecular formula is C14H17N3O3. The Morgan fingerprint density at radius 2 is 2.05 bits per heavy atom. The van der Waals surface area contributed by atoms with Gasteiger partial charge in [-0.2, -0.15) is 0 Å². The number of carbonyl (C=O) groups is 1. The van der Waals surface area contributed by atoms with Crippen LogP contribution in [0.4, 0.5) is 4.79 Å². The first-order valence-corrected chi connectivity index (χ1v) is 6.75. The molecule has 1 aromatic carbocycles. The Morgan fingerprint density at radius 1 is 1.35 bits per heavy atom. The molecule has 6 heteroatoms. The van der Waals surface area contributed by atoms with Crippen molar-refractivity contribution in [1.29, 1.82) is 0 Å². The second-order valence-corrected chi connectivity index (χ2v) is 5.32. The molecule has 2 heterocycles. The van der Waals surface area contributed by atoms with Crippen LogP contribution in [-0.2, 0) is 0 Å². The average Bonchev–Trinajstić information content (AvgIpc) is 2.73. The highest BCUT2D eigenvalue weighted by molar-refractivity contribution is 5.76. The van der Waals surface area contributed by atoms with Crippen LogP contribution in [0.5, 0.6) is 0 Å². The summed E-state index contributed by atoms with van der Waals surface area (Å²) in [7, 11) is 0. The fraction of sp³-hybridized carbons (Fsp3) is 0.429. The van der Waals surface area contributed by atoms with E-state index in [9.17, 15) is 9.59 Å². The number of amides is 1. The Bertz CT molecular complexity index is 708. The minimum atomic E-state index is -0.884. The predicted octanol–water partition coefficient (Wildman–Crippen LogP) is 1.95. The van der Waals surface area contributed by atoms with Gasteiger partial charge < -0.3 is 15.0 Å². The van der Waals surface area contributed by atoms with Gasteiger partial charge in [0.2, 0.25) is 0 Å². The SMILES string of the molecule is Cc1ccc2c(c1)[nH]c(=O)n2C1CCN(C(=O)O)CC1. The van der Waals surface area contributed by atoms with E-state index in [0.29, 0.717) is 25.9 Å². The average molecular weight is 275 g/mol. The molecule has 0 atom stereocenters. The first-order valence-electron chi connectivity index (χ1n) is 6.75. The molecule has 1 fully saturated rings. The number of imidazole rings is 1.